The van der Waals surface area contributed by atoms with Crippen molar-refractivity contribution in [2.24, 2.45) is 5.18 Å². The molecule has 0 radical (unpaired) electrons. The van der Waals surface area contributed by atoms with Gasteiger partial charge in [-0.15, -0.1) is 4.91 Å². The summed E-state index contributed by atoms with van der Waals surface area (Å²) in [6.45, 7) is 0.825. The summed E-state index contributed by atoms with van der Waals surface area (Å²) in [6, 6.07) is 3.67. The van der Waals surface area contributed by atoms with Gasteiger partial charge >= 0.3 is 0 Å². The molecule has 0 aliphatic carbocycles. The second-order valence-electron chi connectivity index (χ2n) is 3.88. The average molecular weight is 279 g/mol. The summed E-state index contributed by atoms with van der Waals surface area (Å²) in [6.07, 6.45) is 12.1. The Morgan fingerprint density at radius 1 is 1.42 bits per heavy atom. The second kappa shape index (κ2) is 6.82. The number of allylic oxidation sites excluding steroid dienone is 3. The topological polar surface area (TPSA) is 45.8 Å². The van der Waals surface area contributed by atoms with E-state index in [0.717, 1.165) is 5.57 Å². The average Bonchev–Trinajstić information content (AvgIpc) is 2.41. The Kier molecular flexibility index (Phi) is 4.83. The fourth-order valence-electron chi connectivity index (χ4n) is 1.52. The van der Waals surface area contributed by atoms with Gasteiger partial charge in [0.05, 0.1) is 6.20 Å². The monoisotopic (exact) mass is 278 g/mol. The number of aromatic nitrogens is 1. The van der Waals surface area contributed by atoms with Gasteiger partial charge in [0, 0.05) is 18.5 Å². The molecule has 0 spiro atoms. The fourth-order valence-corrected chi connectivity index (χ4v) is 1.72. The Morgan fingerprint density at radius 3 is 2.89 bits per heavy atom. The van der Waals surface area contributed by atoms with Crippen LogP contribution < -0.4 is 4.57 Å². The summed E-state index contributed by atoms with van der Waals surface area (Å²) < 4.78 is 7.38. The van der Waals surface area contributed by atoms with Gasteiger partial charge in [-0.1, -0.05) is 11.6 Å². The zero-order valence-electron chi connectivity index (χ0n) is 10.1. The number of halogens is 1. The SMILES string of the molecule is O=NC=C1C=CN(COC[n+]2cccc(Cl)c2)C=C1. The lowest BCUT2D eigenvalue weighted by molar-refractivity contribution is -0.733. The minimum atomic E-state index is 0.411. The zero-order chi connectivity index (χ0) is 13.5. The van der Waals surface area contributed by atoms with Crippen LogP contribution >= 0.6 is 11.6 Å². The maximum Gasteiger partial charge on any atom is 0.254 e. The van der Waals surface area contributed by atoms with Crippen molar-refractivity contribution in [2.75, 3.05) is 6.73 Å². The zero-order valence-corrected chi connectivity index (χ0v) is 10.9. The first-order valence-corrected chi connectivity index (χ1v) is 6.03. The van der Waals surface area contributed by atoms with Crippen molar-refractivity contribution >= 4 is 11.6 Å². The Balaban J connectivity index is 1.79. The molecule has 19 heavy (non-hydrogen) atoms. The van der Waals surface area contributed by atoms with Crippen molar-refractivity contribution in [1.82, 2.24) is 4.90 Å². The molecule has 5 nitrogen and oxygen atoms in total. The number of pyridine rings is 1. The first kappa shape index (κ1) is 13.5. The maximum absolute atomic E-state index is 10.1. The Hall–Kier alpha value is -1.98. The molecule has 0 saturated heterocycles. The van der Waals surface area contributed by atoms with E-state index in [9.17, 15) is 4.91 Å². The molecule has 0 saturated carbocycles. The van der Waals surface area contributed by atoms with Gasteiger partial charge < -0.3 is 9.64 Å². The second-order valence-corrected chi connectivity index (χ2v) is 4.32. The highest BCUT2D eigenvalue weighted by atomic mass is 35.5. The van der Waals surface area contributed by atoms with Crippen molar-refractivity contribution in [3.8, 4) is 0 Å². The van der Waals surface area contributed by atoms with E-state index < -0.39 is 0 Å². The van der Waals surface area contributed by atoms with Crippen molar-refractivity contribution in [2.45, 2.75) is 6.73 Å². The number of ether oxygens (including phenoxy) is 1. The van der Waals surface area contributed by atoms with Gasteiger partial charge in [-0.05, 0) is 29.0 Å². The lowest BCUT2D eigenvalue weighted by atomic mass is 10.2. The molecule has 0 aromatic carbocycles. The number of nitroso groups, excluding NO2 is 1. The minimum absolute atomic E-state index is 0.411. The molecule has 1 aliphatic rings. The third-order valence-electron chi connectivity index (χ3n) is 2.42. The summed E-state index contributed by atoms with van der Waals surface area (Å²) in [5.74, 6) is 0. The molecule has 0 fully saturated rings. The van der Waals surface area contributed by atoms with E-state index in [1.54, 1.807) is 18.3 Å². The molecule has 0 bridgehead atoms. The number of hydrogen-bond acceptors (Lipinski definition) is 4. The molecule has 98 valence electrons. The van der Waals surface area contributed by atoms with Gasteiger partial charge in [0.25, 0.3) is 6.73 Å². The highest BCUT2D eigenvalue weighted by Crippen LogP contribution is 2.09. The summed E-state index contributed by atoms with van der Waals surface area (Å²) in [5.41, 5.74) is 0.760. The molecular weight excluding hydrogens is 266 g/mol. The standard InChI is InChI=1S/C13H13ClN3O2/c14-13-2-1-5-17(9-13)11-19-10-16-6-3-12(4-7-16)8-15-18/h1-9H,10-11H2/q+1. The smallest absolute Gasteiger partial charge is 0.254 e. The van der Waals surface area contributed by atoms with Gasteiger partial charge in [0.15, 0.2) is 12.4 Å². The van der Waals surface area contributed by atoms with Gasteiger partial charge in [-0.3, -0.25) is 0 Å². The molecule has 1 aliphatic heterocycles. The fraction of sp³-hybridized carbons (Fsp3) is 0.154. The van der Waals surface area contributed by atoms with Crippen molar-refractivity contribution in [3.05, 3.63) is 70.8 Å². The Morgan fingerprint density at radius 2 is 2.21 bits per heavy atom. The third kappa shape index (κ3) is 4.31. The maximum atomic E-state index is 10.1. The first-order valence-electron chi connectivity index (χ1n) is 5.65. The molecular formula is C13H13ClN3O2+. The predicted octanol–water partition coefficient (Wildman–Crippen LogP) is 2.55. The van der Waals surface area contributed by atoms with Gasteiger partial charge in [0.1, 0.15) is 11.8 Å². The third-order valence-corrected chi connectivity index (χ3v) is 2.65. The van der Waals surface area contributed by atoms with Gasteiger partial charge in [-0.2, -0.15) is 4.57 Å². The molecule has 1 aromatic heterocycles. The van der Waals surface area contributed by atoms with Crippen LogP contribution in [0.2, 0.25) is 5.02 Å². The summed E-state index contributed by atoms with van der Waals surface area (Å²) in [7, 11) is 0. The minimum Gasteiger partial charge on any atom is -0.331 e. The molecule has 6 heteroatoms. The molecule has 0 unspecified atom stereocenters. The van der Waals surface area contributed by atoms with Crippen molar-refractivity contribution in [1.29, 1.82) is 0 Å². The van der Waals surface area contributed by atoms with Crippen LogP contribution in [-0.2, 0) is 11.5 Å². The van der Waals surface area contributed by atoms with Gasteiger partial charge in [0.2, 0.25) is 0 Å². The van der Waals surface area contributed by atoms with Crippen LogP contribution in [-0.4, -0.2) is 11.6 Å². The van der Waals surface area contributed by atoms with E-state index in [0.29, 0.717) is 18.5 Å². The lowest BCUT2D eigenvalue weighted by Crippen LogP contribution is -2.35. The van der Waals surface area contributed by atoms with E-state index in [2.05, 4.69) is 5.18 Å². The first-order chi connectivity index (χ1) is 9.28. The van der Waals surface area contributed by atoms with E-state index in [1.807, 2.05) is 40.2 Å². The quantitative estimate of drug-likeness (QED) is 0.614. The molecule has 0 N–H and O–H groups in total. The number of rotatable bonds is 5. The van der Waals surface area contributed by atoms with E-state index in [-0.39, 0.29) is 0 Å². The summed E-state index contributed by atoms with van der Waals surface area (Å²) >= 11 is 5.87. The lowest BCUT2D eigenvalue weighted by Gasteiger charge is -2.17. The van der Waals surface area contributed by atoms with Crippen molar-refractivity contribution in [3.63, 3.8) is 0 Å². The molecule has 2 heterocycles. The van der Waals surface area contributed by atoms with E-state index in [1.165, 1.54) is 6.20 Å². The van der Waals surface area contributed by atoms with Crippen LogP contribution in [0.1, 0.15) is 0 Å². The Bertz CT molecular complexity index is 524. The normalized spacial score (nSPS) is 13.7. The van der Waals surface area contributed by atoms with Crippen molar-refractivity contribution < 1.29 is 9.30 Å². The van der Waals surface area contributed by atoms with Gasteiger partial charge in [-0.25, -0.2) is 0 Å². The highest BCUT2D eigenvalue weighted by molar-refractivity contribution is 6.30. The summed E-state index contributed by atoms with van der Waals surface area (Å²) in [5, 5.41) is 3.38. The molecule has 0 atom stereocenters. The number of nitrogens with zero attached hydrogens (tertiary/aromatic N) is 3. The van der Waals surface area contributed by atoms with Crippen LogP contribution in [0.25, 0.3) is 0 Å². The highest BCUT2D eigenvalue weighted by Gasteiger charge is 2.04. The van der Waals surface area contributed by atoms with E-state index in [4.69, 9.17) is 16.3 Å². The van der Waals surface area contributed by atoms with Crippen LogP contribution in [0, 0.1) is 4.91 Å². The van der Waals surface area contributed by atoms with Crippen LogP contribution in [0.4, 0.5) is 0 Å². The largest absolute Gasteiger partial charge is 0.331 e. The van der Waals surface area contributed by atoms with Crippen LogP contribution in [0.3, 0.4) is 0 Å². The predicted molar refractivity (Wildman–Crippen MR) is 71.6 cm³/mol. The Labute approximate surface area is 116 Å². The summed E-state index contributed by atoms with van der Waals surface area (Å²) in [4.78, 5) is 11.9. The molecule has 2 rings (SSSR count). The van der Waals surface area contributed by atoms with Crippen LogP contribution in [0.5, 0.6) is 0 Å². The molecule has 1 aromatic rings. The van der Waals surface area contributed by atoms with Crippen LogP contribution in [0.15, 0.2) is 66.0 Å². The molecule has 0 amide bonds. The number of hydrogen-bond donors (Lipinski definition) is 0. The van der Waals surface area contributed by atoms with E-state index >= 15 is 0 Å².